The molecule has 1 aromatic heterocycles. The number of nitrogens with zero attached hydrogens (tertiary/aromatic N) is 2. The molecule has 0 spiro atoms. The van der Waals surface area contributed by atoms with Gasteiger partial charge in [0.25, 0.3) is 0 Å². The van der Waals surface area contributed by atoms with E-state index < -0.39 is 0 Å². The van der Waals surface area contributed by atoms with E-state index in [0.29, 0.717) is 12.5 Å². The van der Waals surface area contributed by atoms with Crippen molar-refractivity contribution in [2.24, 2.45) is 0 Å². The molecule has 1 aliphatic rings. The summed E-state index contributed by atoms with van der Waals surface area (Å²) in [5.74, 6) is 2.47. The second-order valence-electron chi connectivity index (χ2n) is 4.66. The summed E-state index contributed by atoms with van der Waals surface area (Å²) in [6.45, 7) is 0.674. The molecule has 1 saturated carbocycles. The first-order chi connectivity index (χ1) is 8.76. The third-order valence-corrected chi connectivity index (χ3v) is 4.50. The Balaban J connectivity index is 2.30. The molecule has 0 unspecified atom stereocenters. The minimum absolute atomic E-state index is 0.619. The monoisotopic (exact) mass is 361 g/mol. The predicted molar refractivity (Wildman–Crippen MR) is 81.1 cm³/mol. The molecule has 0 amide bonds. The van der Waals surface area contributed by atoms with Crippen LogP contribution in [0.25, 0.3) is 0 Å². The molecule has 0 aromatic carbocycles. The van der Waals surface area contributed by atoms with Gasteiger partial charge in [-0.15, -0.1) is 0 Å². The fraction of sp³-hybridized carbons (Fsp3) is 0.692. The Labute approximate surface area is 122 Å². The number of nitrogens with one attached hydrogen (secondary N) is 1. The normalized spacial score (nSPS) is 16.2. The number of methoxy groups -OCH3 is 1. The molecule has 1 fully saturated rings. The fourth-order valence-electron chi connectivity index (χ4n) is 2.45. The number of rotatable bonds is 5. The molecule has 1 aromatic rings. The van der Waals surface area contributed by atoms with Crippen molar-refractivity contribution in [1.82, 2.24) is 9.97 Å². The van der Waals surface area contributed by atoms with Gasteiger partial charge in [-0.1, -0.05) is 12.8 Å². The Hall–Kier alpha value is -0.430. The highest BCUT2D eigenvalue weighted by Gasteiger charge is 2.23. The maximum atomic E-state index is 5.11. The van der Waals surface area contributed by atoms with Crippen LogP contribution in [0.3, 0.4) is 0 Å². The molecule has 18 heavy (non-hydrogen) atoms. The predicted octanol–water partition coefficient (Wildman–Crippen LogP) is 2.97. The summed E-state index contributed by atoms with van der Waals surface area (Å²) in [6, 6.07) is 0. The standard InChI is InChI=1S/C13H20IN3O/c1-15-13-11(14)12(9-5-3-4-6-9)16-10(17-13)7-8-18-2/h9H,3-8H2,1-2H3,(H,15,16,17). The van der Waals surface area contributed by atoms with Crippen molar-refractivity contribution >= 4 is 28.4 Å². The van der Waals surface area contributed by atoms with Gasteiger partial charge in [-0.2, -0.15) is 0 Å². The van der Waals surface area contributed by atoms with Crippen molar-refractivity contribution in [2.45, 2.75) is 38.0 Å². The van der Waals surface area contributed by atoms with Gasteiger partial charge in [-0.25, -0.2) is 9.97 Å². The van der Waals surface area contributed by atoms with E-state index in [1.807, 2.05) is 7.05 Å². The number of hydrogen-bond acceptors (Lipinski definition) is 4. The smallest absolute Gasteiger partial charge is 0.143 e. The first-order valence-electron chi connectivity index (χ1n) is 6.49. The lowest BCUT2D eigenvalue weighted by Crippen LogP contribution is -2.11. The maximum Gasteiger partial charge on any atom is 0.143 e. The molecule has 0 bridgehead atoms. The summed E-state index contributed by atoms with van der Waals surface area (Å²) in [4.78, 5) is 9.31. The first-order valence-corrected chi connectivity index (χ1v) is 7.57. The summed E-state index contributed by atoms with van der Waals surface area (Å²) in [5, 5.41) is 3.18. The molecule has 2 rings (SSSR count). The average Bonchev–Trinajstić information content (AvgIpc) is 2.91. The van der Waals surface area contributed by atoms with Crippen LogP contribution in [0.1, 0.15) is 43.1 Å². The van der Waals surface area contributed by atoms with E-state index in [1.54, 1.807) is 7.11 Å². The van der Waals surface area contributed by atoms with Crippen LogP contribution in [0.4, 0.5) is 5.82 Å². The van der Waals surface area contributed by atoms with E-state index >= 15 is 0 Å². The van der Waals surface area contributed by atoms with E-state index in [1.165, 1.54) is 34.9 Å². The highest BCUT2D eigenvalue weighted by Crippen LogP contribution is 2.36. The lowest BCUT2D eigenvalue weighted by Gasteiger charge is -2.15. The molecule has 0 saturated heterocycles. The quantitative estimate of drug-likeness (QED) is 0.820. The highest BCUT2D eigenvalue weighted by atomic mass is 127. The van der Waals surface area contributed by atoms with Gasteiger partial charge in [0.05, 0.1) is 15.9 Å². The fourth-order valence-corrected chi connectivity index (χ4v) is 3.40. The van der Waals surface area contributed by atoms with Crippen LogP contribution in [-0.2, 0) is 11.2 Å². The van der Waals surface area contributed by atoms with E-state index in [0.717, 1.165) is 18.1 Å². The molecule has 0 radical (unpaired) electrons. The molecule has 100 valence electrons. The van der Waals surface area contributed by atoms with Crippen LogP contribution < -0.4 is 5.32 Å². The van der Waals surface area contributed by atoms with Crippen molar-refractivity contribution in [3.05, 3.63) is 15.1 Å². The Kier molecular flexibility index (Phi) is 5.17. The number of hydrogen-bond donors (Lipinski definition) is 1. The zero-order valence-corrected chi connectivity index (χ0v) is 13.2. The van der Waals surface area contributed by atoms with Crippen LogP contribution in [0.5, 0.6) is 0 Å². The lowest BCUT2D eigenvalue weighted by atomic mass is 10.0. The molecule has 5 heteroatoms. The Bertz CT molecular complexity index is 405. The summed E-state index contributed by atoms with van der Waals surface area (Å²) in [6.07, 6.45) is 5.96. The summed E-state index contributed by atoms with van der Waals surface area (Å²) >= 11 is 2.37. The van der Waals surface area contributed by atoms with Crippen molar-refractivity contribution in [2.75, 3.05) is 26.1 Å². The van der Waals surface area contributed by atoms with E-state index in [2.05, 4.69) is 32.9 Å². The highest BCUT2D eigenvalue weighted by molar-refractivity contribution is 14.1. The average molecular weight is 361 g/mol. The lowest BCUT2D eigenvalue weighted by molar-refractivity contribution is 0.200. The van der Waals surface area contributed by atoms with Gasteiger partial charge >= 0.3 is 0 Å². The summed E-state index contributed by atoms with van der Waals surface area (Å²) in [7, 11) is 3.63. The minimum Gasteiger partial charge on any atom is -0.384 e. The molecular formula is C13H20IN3O. The van der Waals surface area contributed by atoms with Gasteiger partial charge in [0.1, 0.15) is 11.6 Å². The largest absolute Gasteiger partial charge is 0.384 e. The van der Waals surface area contributed by atoms with Crippen molar-refractivity contribution in [1.29, 1.82) is 0 Å². The molecule has 0 atom stereocenters. The van der Waals surface area contributed by atoms with Crippen molar-refractivity contribution in [3.8, 4) is 0 Å². The third-order valence-electron chi connectivity index (χ3n) is 3.43. The number of anilines is 1. The van der Waals surface area contributed by atoms with E-state index in [-0.39, 0.29) is 0 Å². The van der Waals surface area contributed by atoms with Crippen LogP contribution in [0, 0.1) is 3.57 Å². The Morgan fingerprint density at radius 1 is 1.33 bits per heavy atom. The first kappa shape index (κ1) is 14.0. The molecule has 1 N–H and O–H groups in total. The number of ether oxygens (including phenoxy) is 1. The topological polar surface area (TPSA) is 47.0 Å². The molecule has 1 heterocycles. The second-order valence-corrected chi connectivity index (χ2v) is 5.74. The number of aromatic nitrogens is 2. The van der Waals surface area contributed by atoms with Gasteiger partial charge in [0.2, 0.25) is 0 Å². The van der Waals surface area contributed by atoms with Crippen LogP contribution >= 0.6 is 22.6 Å². The maximum absolute atomic E-state index is 5.11. The van der Waals surface area contributed by atoms with Crippen molar-refractivity contribution in [3.63, 3.8) is 0 Å². The van der Waals surface area contributed by atoms with Crippen LogP contribution in [0.2, 0.25) is 0 Å². The van der Waals surface area contributed by atoms with Crippen molar-refractivity contribution < 1.29 is 4.74 Å². The minimum atomic E-state index is 0.619. The second kappa shape index (κ2) is 6.65. The zero-order chi connectivity index (χ0) is 13.0. The van der Waals surface area contributed by atoms with Gasteiger partial charge in [0, 0.05) is 26.5 Å². The summed E-state index contributed by atoms with van der Waals surface area (Å²) < 4.78 is 6.30. The van der Waals surface area contributed by atoms with E-state index in [9.17, 15) is 0 Å². The Morgan fingerprint density at radius 3 is 2.67 bits per heavy atom. The molecular weight excluding hydrogens is 341 g/mol. The SMILES string of the molecule is CNc1nc(CCOC)nc(C2CCCC2)c1I. The molecule has 4 nitrogen and oxygen atoms in total. The summed E-state index contributed by atoms with van der Waals surface area (Å²) in [5.41, 5.74) is 1.23. The number of halogens is 1. The molecule has 1 aliphatic carbocycles. The Morgan fingerprint density at radius 2 is 2.06 bits per heavy atom. The third kappa shape index (κ3) is 3.12. The molecule has 0 aliphatic heterocycles. The van der Waals surface area contributed by atoms with Gasteiger partial charge in [-0.3, -0.25) is 0 Å². The van der Waals surface area contributed by atoms with Crippen LogP contribution in [0.15, 0.2) is 0 Å². The van der Waals surface area contributed by atoms with Crippen LogP contribution in [-0.4, -0.2) is 30.7 Å². The van der Waals surface area contributed by atoms with Gasteiger partial charge < -0.3 is 10.1 Å². The zero-order valence-electron chi connectivity index (χ0n) is 11.0. The van der Waals surface area contributed by atoms with Gasteiger partial charge in [0.15, 0.2) is 0 Å². The van der Waals surface area contributed by atoms with Gasteiger partial charge in [-0.05, 0) is 35.4 Å². The van der Waals surface area contributed by atoms with E-state index in [4.69, 9.17) is 9.72 Å².